The van der Waals surface area contributed by atoms with Crippen molar-refractivity contribution in [2.24, 2.45) is 0 Å². The van der Waals surface area contributed by atoms with E-state index in [1.54, 1.807) is 4.90 Å². The summed E-state index contributed by atoms with van der Waals surface area (Å²) in [6, 6.07) is 20.0. The van der Waals surface area contributed by atoms with E-state index in [1.165, 1.54) is 11.1 Å². The molecule has 0 radical (unpaired) electrons. The lowest BCUT2D eigenvalue weighted by atomic mass is 9.90. The van der Waals surface area contributed by atoms with E-state index < -0.39 is 6.04 Å². The summed E-state index contributed by atoms with van der Waals surface area (Å²) in [6.45, 7) is 3.53. The number of carbonyl (C=O) groups is 3. The van der Waals surface area contributed by atoms with E-state index in [0.29, 0.717) is 45.9 Å². The minimum atomic E-state index is -0.537. The van der Waals surface area contributed by atoms with Crippen LogP contribution in [-0.2, 0) is 14.3 Å². The Morgan fingerprint density at radius 1 is 1.03 bits per heavy atom. The summed E-state index contributed by atoms with van der Waals surface area (Å²) in [6.07, 6.45) is -0.276. The molecule has 4 rings (SSSR count). The van der Waals surface area contributed by atoms with Gasteiger partial charge in [0.1, 0.15) is 6.61 Å². The molecule has 2 aromatic rings. The van der Waals surface area contributed by atoms with Crippen LogP contribution in [0.15, 0.2) is 60.7 Å². The summed E-state index contributed by atoms with van der Waals surface area (Å²) in [7, 11) is 0. The lowest BCUT2D eigenvalue weighted by Crippen LogP contribution is -2.57. The highest BCUT2D eigenvalue weighted by molar-refractivity contribution is 5.88. The van der Waals surface area contributed by atoms with Crippen LogP contribution in [0.5, 0.6) is 0 Å². The van der Waals surface area contributed by atoms with E-state index in [4.69, 9.17) is 4.74 Å². The van der Waals surface area contributed by atoms with Gasteiger partial charge in [0.05, 0.1) is 19.0 Å². The number of benzene rings is 2. The van der Waals surface area contributed by atoms with Crippen LogP contribution < -0.4 is 10.6 Å². The largest absolute Gasteiger partial charge is 0.448 e. The molecule has 2 aliphatic heterocycles. The third-order valence-corrected chi connectivity index (χ3v) is 6.19. The Bertz CT molecular complexity index is 914. The van der Waals surface area contributed by atoms with Crippen LogP contribution in [0.4, 0.5) is 4.79 Å². The van der Waals surface area contributed by atoms with Crippen molar-refractivity contribution in [3.05, 3.63) is 71.8 Å². The number of amides is 3. The number of hydrogen-bond acceptors (Lipinski definition) is 5. The van der Waals surface area contributed by atoms with Crippen LogP contribution in [0, 0.1) is 0 Å². The summed E-state index contributed by atoms with van der Waals surface area (Å²) < 4.78 is 4.90. The molecule has 2 heterocycles. The van der Waals surface area contributed by atoms with Gasteiger partial charge in [-0.25, -0.2) is 4.79 Å². The molecule has 2 aliphatic rings. The van der Waals surface area contributed by atoms with Crippen molar-refractivity contribution in [1.29, 1.82) is 0 Å². The monoisotopic (exact) mass is 450 g/mol. The second-order valence-corrected chi connectivity index (χ2v) is 8.33. The van der Waals surface area contributed by atoms with Gasteiger partial charge in [0.2, 0.25) is 11.8 Å². The number of hydrogen-bond donors (Lipinski definition) is 2. The van der Waals surface area contributed by atoms with Crippen molar-refractivity contribution >= 4 is 17.9 Å². The fourth-order valence-electron chi connectivity index (χ4n) is 4.42. The first-order valence-electron chi connectivity index (χ1n) is 11.4. The van der Waals surface area contributed by atoms with Crippen LogP contribution in [0.1, 0.15) is 23.5 Å². The average molecular weight is 451 g/mol. The molecule has 8 heteroatoms. The van der Waals surface area contributed by atoms with Gasteiger partial charge in [0.25, 0.3) is 0 Å². The van der Waals surface area contributed by atoms with Gasteiger partial charge in [-0.3, -0.25) is 14.5 Å². The molecule has 1 unspecified atom stereocenters. The Labute approximate surface area is 193 Å². The predicted octanol–water partition coefficient (Wildman–Crippen LogP) is 1.58. The number of nitrogens with zero attached hydrogens (tertiary/aromatic N) is 2. The number of carbonyl (C=O) groups excluding carboxylic acids is 3. The molecule has 8 nitrogen and oxygen atoms in total. The molecular formula is C25H30N4O4. The topological polar surface area (TPSA) is 91.0 Å². The smallest absolute Gasteiger partial charge is 0.409 e. The first-order chi connectivity index (χ1) is 16.1. The fourth-order valence-corrected chi connectivity index (χ4v) is 4.42. The molecule has 3 amide bonds. The van der Waals surface area contributed by atoms with Crippen molar-refractivity contribution in [3.8, 4) is 0 Å². The van der Waals surface area contributed by atoms with Gasteiger partial charge in [0, 0.05) is 38.6 Å². The second kappa shape index (κ2) is 11.0. The van der Waals surface area contributed by atoms with Crippen molar-refractivity contribution in [1.82, 2.24) is 20.4 Å². The highest BCUT2D eigenvalue weighted by Crippen LogP contribution is 2.27. The van der Waals surface area contributed by atoms with Gasteiger partial charge in [-0.2, -0.15) is 0 Å². The molecular weight excluding hydrogens is 420 g/mol. The Kier molecular flexibility index (Phi) is 7.57. The molecule has 2 aromatic carbocycles. The highest BCUT2D eigenvalue weighted by atomic mass is 16.6. The summed E-state index contributed by atoms with van der Waals surface area (Å²) in [5.74, 6) is -0.241. The van der Waals surface area contributed by atoms with Gasteiger partial charge in [-0.1, -0.05) is 60.7 Å². The predicted molar refractivity (Wildman–Crippen MR) is 124 cm³/mol. The van der Waals surface area contributed by atoms with E-state index in [-0.39, 0.29) is 30.2 Å². The quantitative estimate of drug-likeness (QED) is 0.605. The molecule has 1 atom stereocenters. The third-order valence-electron chi connectivity index (χ3n) is 6.19. The summed E-state index contributed by atoms with van der Waals surface area (Å²) in [5, 5.41) is 5.74. The molecule has 2 N–H and O–H groups in total. The summed E-state index contributed by atoms with van der Waals surface area (Å²) >= 11 is 0. The molecule has 174 valence electrons. The summed E-state index contributed by atoms with van der Waals surface area (Å²) in [5.41, 5.74) is 2.35. The SMILES string of the molecule is O=C(CC1C(=O)NCCN1CC(c1ccccc1)c1ccccc1)NCCN1CCOC1=O. The fraction of sp³-hybridized carbons (Fsp3) is 0.400. The van der Waals surface area contributed by atoms with E-state index in [2.05, 4.69) is 39.8 Å². The number of rotatable bonds is 9. The average Bonchev–Trinajstić information content (AvgIpc) is 3.25. The van der Waals surface area contributed by atoms with Crippen molar-refractivity contribution < 1.29 is 19.1 Å². The maximum absolute atomic E-state index is 12.7. The third kappa shape index (κ3) is 5.90. The van der Waals surface area contributed by atoms with Crippen molar-refractivity contribution in [2.45, 2.75) is 18.4 Å². The van der Waals surface area contributed by atoms with E-state index in [0.717, 1.165) is 0 Å². The normalized spacial score (nSPS) is 18.8. The van der Waals surface area contributed by atoms with E-state index in [9.17, 15) is 14.4 Å². The van der Waals surface area contributed by atoms with E-state index >= 15 is 0 Å². The molecule has 0 aromatic heterocycles. The molecule has 33 heavy (non-hydrogen) atoms. The van der Waals surface area contributed by atoms with Crippen LogP contribution in [0.25, 0.3) is 0 Å². The van der Waals surface area contributed by atoms with Crippen molar-refractivity contribution in [3.63, 3.8) is 0 Å². The highest BCUT2D eigenvalue weighted by Gasteiger charge is 2.33. The molecule has 0 saturated carbocycles. The first kappa shape index (κ1) is 22.8. The molecule has 0 bridgehead atoms. The molecule has 2 saturated heterocycles. The van der Waals surface area contributed by atoms with Gasteiger partial charge < -0.3 is 20.3 Å². The van der Waals surface area contributed by atoms with Crippen molar-refractivity contribution in [2.75, 3.05) is 45.9 Å². The maximum atomic E-state index is 12.7. The Hall–Kier alpha value is -3.39. The van der Waals surface area contributed by atoms with Gasteiger partial charge in [-0.15, -0.1) is 0 Å². The minimum absolute atomic E-state index is 0.0760. The van der Waals surface area contributed by atoms with Crippen LogP contribution in [0.3, 0.4) is 0 Å². The molecule has 2 fully saturated rings. The second-order valence-electron chi connectivity index (χ2n) is 8.33. The zero-order valence-corrected chi connectivity index (χ0v) is 18.6. The van der Waals surface area contributed by atoms with Crippen LogP contribution >= 0.6 is 0 Å². The molecule has 0 aliphatic carbocycles. The lowest BCUT2D eigenvalue weighted by molar-refractivity contribution is -0.134. The Balaban J connectivity index is 1.41. The van der Waals surface area contributed by atoms with Crippen LogP contribution in [-0.4, -0.2) is 79.6 Å². The number of ether oxygens (including phenoxy) is 1. The van der Waals surface area contributed by atoms with Gasteiger partial charge in [0.15, 0.2) is 0 Å². The number of cyclic esters (lactones) is 1. The van der Waals surface area contributed by atoms with Gasteiger partial charge in [-0.05, 0) is 11.1 Å². The lowest BCUT2D eigenvalue weighted by Gasteiger charge is -2.37. The molecule has 0 spiro atoms. The zero-order valence-electron chi connectivity index (χ0n) is 18.6. The number of piperazine rings is 1. The minimum Gasteiger partial charge on any atom is -0.448 e. The van der Waals surface area contributed by atoms with Crippen LogP contribution in [0.2, 0.25) is 0 Å². The standard InChI is InChI=1S/C25H30N4O4/c30-23(26-11-13-28-15-16-33-25(28)32)17-22-24(31)27-12-14-29(22)18-21(19-7-3-1-4-8-19)20-9-5-2-6-10-20/h1-10,21-22H,11-18H2,(H,26,30)(H,27,31). The summed E-state index contributed by atoms with van der Waals surface area (Å²) in [4.78, 5) is 40.5. The number of nitrogens with one attached hydrogen (secondary N) is 2. The van der Waals surface area contributed by atoms with E-state index in [1.807, 2.05) is 36.4 Å². The Morgan fingerprint density at radius 2 is 1.70 bits per heavy atom. The first-order valence-corrected chi connectivity index (χ1v) is 11.4. The Morgan fingerprint density at radius 3 is 2.30 bits per heavy atom. The maximum Gasteiger partial charge on any atom is 0.409 e. The zero-order chi connectivity index (χ0) is 23.0. The van der Waals surface area contributed by atoms with Gasteiger partial charge >= 0.3 is 6.09 Å².